The van der Waals surface area contributed by atoms with E-state index in [0.29, 0.717) is 6.42 Å². The lowest BCUT2D eigenvalue weighted by Gasteiger charge is -2.29. The lowest BCUT2D eigenvalue weighted by atomic mass is 9.75. The number of carbonyl (C=O) groups excluding carboxylic acids is 1. The third kappa shape index (κ3) is 1.66. The summed E-state index contributed by atoms with van der Waals surface area (Å²) in [5.74, 6) is 5.09. The summed E-state index contributed by atoms with van der Waals surface area (Å²) in [6.45, 7) is 0. The van der Waals surface area contributed by atoms with E-state index in [1.807, 2.05) is 54.6 Å². The number of rotatable bonds is 2. The summed E-state index contributed by atoms with van der Waals surface area (Å²) in [5, 5.41) is 0. The molecule has 1 aliphatic rings. The zero-order valence-electron chi connectivity index (χ0n) is 8.89. The summed E-state index contributed by atoms with van der Waals surface area (Å²) in [5.41, 5.74) is 2.54. The van der Waals surface area contributed by atoms with Gasteiger partial charge in [-0.15, -0.1) is 0 Å². The normalized spacial score (nSPS) is 23.1. The number of hydrazine groups is 1. The molecule has 0 radical (unpaired) electrons. The molecule has 0 fully saturated rings. The first kappa shape index (κ1) is 10.6. The number of hydrogen-bond donors (Lipinski definition) is 2. The van der Waals surface area contributed by atoms with Crippen LogP contribution in [0.25, 0.3) is 0 Å². The van der Waals surface area contributed by atoms with Crippen LogP contribution in [0.1, 0.15) is 12.0 Å². The highest BCUT2D eigenvalue weighted by atomic mass is 16.2. The van der Waals surface area contributed by atoms with Gasteiger partial charge in [0.2, 0.25) is 5.91 Å². The first-order valence-electron chi connectivity index (χ1n) is 5.20. The van der Waals surface area contributed by atoms with Crippen molar-refractivity contribution in [3.8, 4) is 0 Å². The zero-order chi connectivity index (χ0) is 11.4. The van der Waals surface area contributed by atoms with Crippen molar-refractivity contribution in [2.24, 2.45) is 5.84 Å². The van der Waals surface area contributed by atoms with E-state index < -0.39 is 5.41 Å². The van der Waals surface area contributed by atoms with Gasteiger partial charge in [-0.1, -0.05) is 54.6 Å². The van der Waals surface area contributed by atoms with E-state index in [2.05, 4.69) is 5.43 Å². The van der Waals surface area contributed by atoms with Gasteiger partial charge >= 0.3 is 0 Å². The lowest BCUT2D eigenvalue weighted by Crippen LogP contribution is -2.46. The highest BCUT2D eigenvalue weighted by Crippen LogP contribution is 2.32. The minimum absolute atomic E-state index is 0.181. The summed E-state index contributed by atoms with van der Waals surface area (Å²) >= 11 is 0. The molecular formula is C13H14N2O. The third-order valence-electron chi connectivity index (χ3n) is 2.89. The number of nitrogens with one attached hydrogen (secondary N) is 1. The molecule has 1 aliphatic carbocycles. The second-order valence-corrected chi connectivity index (χ2v) is 3.80. The van der Waals surface area contributed by atoms with Gasteiger partial charge in [-0.3, -0.25) is 10.2 Å². The molecule has 0 saturated heterocycles. The monoisotopic (exact) mass is 214 g/mol. The Balaban J connectivity index is 2.47. The van der Waals surface area contributed by atoms with Crippen LogP contribution in [0.15, 0.2) is 54.6 Å². The van der Waals surface area contributed by atoms with E-state index in [1.165, 1.54) is 0 Å². The molecule has 0 bridgehead atoms. The second-order valence-electron chi connectivity index (χ2n) is 3.80. The number of allylic oxidation sites excluding steroid dienone is 3. The van der Waals surface area contributed by atoms with Crippen LogP contribution in [0.4, 0.5) is 0 Å². The summed E-state index contributed by atoms with van der Waals surface area (Å²) < 4.78 is 0. The molecule has 1 amide bonds. The summed E-state index contributed by atoms with van der Waals surface area (Å²) in [4.78, 5) is 12.0. The Morgan fingerprint density at radius 1 is 1.25 bits per heavy atom. The van der Waals surface area contributed by atoms with Crippen molar-refractivity contribution >= 4 is 5.91 Å². The number of carbonyl (C=O) groups is 1. The van der Waals surface area contributed by atoms with Crippen LogP contribution in [0.2, 0.25) is 0 Å². The Morgan fingerprint density at radius 2 is 2.00 bits per heavy atom. The van der Waals surface area contributed by atoms with E-state index in [9.17, 15) is 4.79 Å². The molecule has 3 heteroatoms. The fourth-order valence-electron chi connectivity index (χ4n) is 2.00. The van der Waals surface area contributed by atoms with Crippen LogP contribution in [-0.2, 0) is 10.2 Å². The fraction of sp³-hybridized carbons (Fsp3) is 0.154. The molecular weight excluding hydrogens is 200 g/mol. The predicted octanol–water partition coefficient (Wildman–Crippen LogP) is 1.43. The first-order chi connectivity index (χ1) is 7.79. The Labute approximate surface area is 94.6 Å². The molecule has 1 aromatic carbocycles. The van der Waals surface area contributed by atoms with Crippen LogP contribution >= 0.6 is 0 Å². The third-order valence-corrected chi connectivity index (χ3v) is 2.89. The Morgan fingerprint density at radius 3 is 2.56 bits per heavy atom. The Kier molecular flexibility index (Phi) is 2.88. The van der Waals surface area contributed by atoms with E-state index in [4.69, 9.17) is 5.84 Å². The molecule has 0 aliphatic heterocycles. The number of hydrogen-bond acceptors (Lipinski definition) is 2. The van der Waals surface area contributed by atoms with Gasteiger partial charge in [0, 0.05) is 0 Å². The molecule has 2 rings (SSSR count). The van der Waals surface area contributed by atoms with E-state index in [1.54, 1.807) is 0 Å². The molecule has 3 N–H and O–H groups in total. The molecule has 1 atom stereocenters. The van der Waals surface area contributed by atoms with Gasteiger partial charge < -0.3 is 0 Å². The summed E-state index contributed by atoms with van der Waals surface area (Å²) in [7, 11) is 0. The van der Waals surface area contributed by atoms with Crippen molar-refractivity contribution < 1.29 is 4.79 Å². The number of nitrogens with two attached hydrogens (primary N) is 1. The molecule has 1 unspecified atom stereocenters. The molecule has 0 spiro atoms. The van der Waals surface area contributed by atoms with Gasteiger partial charge in [-0.2, -0.15) is 0 Å². The summed E-state index contributed by atoms with van der Waals surface area (Å²) in [6.07, 6.45) is 8.32. The van der Waals surface area contributed by atoms with Crippen LogP contribution in [0, 0.1) is 0 Å². The molecule has 82 valence electrons. The number of benzene rings is 1. The van der Waals surface area contributed by atoms with E-state index in [0.717, 1.165) is 5.56 Å². The summed E-state index contributed by atoms with van der Waals surface area (Å²) in [6, 6.07) is 9.66. The number of amides is 1. The molecule has 1 aromatic rings. The van der Waals surface area contributed by atoms with Crippen molar-refractivity contribution in [3.63, 3.8) is 0 Å². The average molecular weight is 214 g/mol. The highest BCUT2D eigenvalue weighted by Gasteiger charge is 2.36. The SMILES string of the molecule is NNC(=O)C1(c2ccccc2)C=CC=CC1. The van der Waals surface area contributed by atoms with Gasteiger partial charge in [0.05, 0.1) is 5.41 Å². The molecule has 0 aromatic heterocycles. The fourth-order valence-corrected chi connectivity index (χ4v) is 2.00. The van der Waals surface area contributed by atoms with Crippen molar-refractivity contribution in [1.82, 2.24) is 5.43 Å². The van der Waals surface area contributed by atoms with Gasteiger partial charge in [0.25, 0.3) is 0 Å². The highest BCUT2D eigenvalue weighted by molar-refractivity contribution is 5.90. The maximum Gasteiger partial charge on any atom is 0.248 e. The minimum atomic E-state index is -0.662. The maximum absolute atomic E-state index is 12.0. The standard InChI is InChI=1S/C13H14N2O/c14-15-12(16)13(9-5-2-6-10-13)11-7-3-1-4-8-11/h1-9H,10,14H2,(H,15,16). The zero-order valence-corrected chi connectivity index (χ0v) is 8.89. The minimum Gasteiger partial charge on any atom is -0.293 e. The largest absolute Gasteiger partial charge is 0.293 e. The van der Waals surface area contributed by atoms with Crippen molar-refractivity contribution in [2.75, 3.05) is 0 Å². The van der Waals surface area contributed by atoms with Crippen LogP contribution in [-0.4, -0.2) is 5.91 Å². The lowest BCUT2D eigenvalue weighted by molar-refractivity contribution is -0.125. The predicted molar refractivity (Wildman–Crippen MR) is 63.3 cm³/mol. The maximum atomic E-state index is 12.0. The first-order valence-corrected chi connectivity index (χ1v) is 5.20. The molecule has 0 heterocycles. The average Bonchev–Trinajstić information content (AvgIpc) is 2.39. The van der Waals surface area contributed by atoms with Crippen LogP contribution in [0.5, 0.6) is 0 Å². The Bertz CT molecular complexity index is 437. The van der Waals surface area contributed by atoms with Crippen LogP contribution < -0.4 is 11.3 Å². The van der Waals surface area contributed by atoms with Gasteiger partial charge in [-0.05, 0) is 12.0 Å². The van der Waals surface area contributed by atoms with Gasteiger partial charge in [0.1, 0.15) is 0 Å². The quantitative estimate of drug-likeness (QED) is 0.444. The Hall–Kier alpha value is -1.87. The molecule has 16 heavy (non-hydrogen) atoms. The van der Waals surface area contributed by atoms with E-state index in [-0.39, 0.29) is 5.91 Å². The van der Waals surface area contributed by atoms with Crippen molar-refractivity contribution in [3.05, 3.63) is 60.2 Å². The van der Waals surface area contributed by atoms with Crippen molar-refractivity contribution in [2.45, 2.75) is 11.8 Å². The second kappa shape index (κ2) is 4.33. The molecule has 0 saturated carbocycles. The smallest absolute Gasteiger partial charge is 0.248 e. The van der Waals surface area contributed by atoms with E-state index >= 15 is 0 Å². The van der Waals surface area contributed by atoms with Gasteiger partial charge in [0.15, 0.2) is 0 Å². The molecule has 3 nitrogen and oxygen atoms in total. The van der Waals surface area contributed by atoms with Crippen molar-refractivity contribution in [1.29, 1.82) is 0 Å². The topological polar surface area (TPSA) is 55.1 Å². The van der Waals surface area contributed by atoms with Gasteiger partial charge in [-0.25, -0.2) is 5.84 Å². The van der Waals surface area contributed by atoms with Crippen LogP contribution in [0.3, 0.4) is 0 Å².